The van der Waals surface area contributed by atoms with Crippen molar-refractivity contribution in [2.24, 2.45) is 0 Å². The Bertz CT molecular complexity index is 394. The number of benzene rings is 1. The van der Waals surface area contributed by atoms with Gasteiger partial charge < -0.3 is 19.5 Å². The van der Waals surface area contributed by atoms with Gasteiger partial charge in [-0.3, -0.25) is 4.90 Å². The molecule has 1 fully saturated rings. The van der Waals surface area contributed by atoms with Crippen molar-refractivity contribution in [2.45, 2.75) is 6.54 Å². The van der Waals surface area contributed by atoms with Crippen molar-refractivity contribution in [3.8, 4) is 5.75 Å². The Labute approximate surface area is 107 Å². The van der Waals surface area contributed by atoms with Crippen molar-refractivity contribution in [1.82, 2.24) is 4.90 Å². The summed E-state index contributed by atoms with van der Waals surface area (Å²) in [5.74, 6) is 0.725. The molecule has 0 aromatic heterocycles. The maximum absolute atomic E-state index is 9.37. The van der Waals surface area contributed by atoms with Gasteiger partial charge in [-0.2, -0.15) is 0 Å². The standard InChI is InChI=1S/C12H18BNO4/c1-17-11-2-3-12(13(15)16)10(8-11)9-14-4-6-18-7-5-14/h2-3,8,15-16H,4-7,9H2,1H3. The molecular formula is C12H18BNO4. The highest BCUT2D eigenvalue weighted by Gasteiger charge is 2.19. The fourth-order valence-corrected chi connectivity index (χ4v) is 2.10. The number of rotatable bonds is 4. The molecule has 0 amide bonds. The molecule has 0 radical (unpaired) electrons. The van der Waals surface area contributed by atoms with Crippen LogP contribution in [0.25, 0.3) is 0 Å². The van der Waals surface area contributed by atoms with Gasteiger partial charge in [0.2, 0.25) is 0 Å². The Morgan fingerprint density at radius 1 is 1.33 bits per heavy atom. The molecule has 1 saturated heterocycles. The van der Waals surface area contributed by atoms with Gasteiger partial charge in [-0.05, 0) is 23.2 Å². The summed E-state index contributed by atoms with van der Waals surface area (Å²) in [6.07, 6.45) is 0. The van der Waals surface area contributed by atoms with Crippen LogP contribution in [0.4, 0.5) is 0 Å². The van der Waals surface area contributed by atoms with E-state index in [1.54, 1.807) is 19.2 Å². The molecule has 1 heterocycles. The van der Waals surface area contributed by atoms with Crippen molar-refractivity contribution in [1.29, 1.82) is 0 Å². The third-order valence-corrected chi connectivity index (χ3v) is 3.13. The summed E-state index contributed by atoms with van der Waals surface area (Å²) in [5.41, 5.74) is 1.41. The lowest BCUT2D eigenvalue weighted by Gasteiger charge is -2.27. The van der Waals surface area contributed by atoms with Crippen LogP contribution >= 0.6 is 0 Å². The first kappa shape index (κ1) is 13.4. The van der Waals surface area contributed by atoms with E-state index in [2.05, 4.69) is 4.90 Å². The van der Waals surface area contributed by atoms with Crippen LogP contribution < -0.4 is 10.2 Å². The zero-order valence-corrected chi connectivity index (χ0v) is 10.5. The first-order valence-electron chi connectivity index (χ1n) is 6.04. The average molecular weight is 251 g/mol. The summed E-state index contributed by atoms with van der Waals surface area (Å²) < 4.78 is 10.5. The summed E-state index contributed by atoms with van der Waals surface area (Å²) in [6, 6.07) is 5.28. The minimum absolute atomic E-state index is 0.530. The van der Waals surface area contributed by atoms with Gasteiger partial charge in [-0.25, -0.2) is 0 Å². The minimum Gasteiger partial charge on any atom is -0.497 e. The van der Waals surface area contributed by atoms with Crippen LogP contribution in [0.5, 0.6) is 5.75 Å². The molecule has 0 spiro atoms. The lowest BCUT2D eigenvalue weighted by molar-refractivity contribution is 0.0342. The van der Waals surface area contributed by atoms with Crippen LogP contribution in [0, 0.1) is 0 Å². The van der Waals surface area contributed by atoms with Crippen LogP contribution in [0.3, 0.4) is 0 Å². The Balaban J connectivity index is 2.17. The first-order chi connectivity index (χ1) is 8.70. The number of hydrogen-bond donors (Lipinski definition) is 2. The van der Waals surface area contributed by atoms with Crippen molar-refractivity contribution < 1.29 is 19.5 Å². The summed E-state index contributed by atoms with van der Waals surface area (Å²) in [4.78, 5) is 2.23. The van der Waals surface area contributed by atoms with E-state index >= 15 is 0 Å². The quantitative estimate of drug-likeness (QED) is 0.686. The third kappa shape index (κ3) is 3.23. The van der Waals surface area contributed by atoms with Crippen LogP contribution in [-0.4, -0.2) is 55.5 Å². The summed E-state index contributed by atoms with van der Waals surface area (Å²) in [6.45, 7) is 3.84. The van der Waals surface area contributed by atoms with Crippen LogP contribution in [0.15, 0.2) is 18.2 Å². The monoisotopic (exact) mass is 251 g/mol. The Kier molecular flexibility index (Phi) is 4.60. The van der Waals surface area contributed by atoms with Crippen molar-refractivity contribution in [3.63, 3.8) is 0 Å². The molecular weight excluding hydrogens is 233 g/mol. The lowest BCUT2D eigenvalue weighted by atomic mass is 9.77. The number of hydrogen-bond acceptors (Lipinski definition) is 5. The zero-order chi connectivity index (χ0) is 13.0. The summed E-state index contributed by atoms with van der Waals surface area (Å²) in [5, 5.41) is 18.7. The molecule has 0 unspecified atom stereocenters. The highest BCUT2D eigenvalue weighted by atomic mass is 16.5. The van der Waals surface area contributed by atoms with Gasteiger partial charge in [0.05, 0.1) is 20.3 Å². The maximum Gasteiger partial charge on any atom is 0.488 e. The maximum atomic E-state index is 9.37. The van der Waals surface area contributed by atoms with Gasteiger partial charge in [0.15, 0.2) is 0 Å². The zero-order valence-electron chi connectivity index (χ0n) is 10.5. The van der Waals surface area contributed by atoms with Crippen molar-refractivity contribution in [3.05, 3.63) is 23.8 Å². The second-order valence-corrected chi connectivity index (χ2v) is 4.33. The van der Waals surface area contributed by atoms with E-state index in [1.807, 2.05) is 6.07 Å². The highest BCUT2D eigenvalue weighted by Crippen LogP contribution is 2.14. The summed E-state index contributed by atoms with van der Waals surface area (Å²) >= 11 is 0. The largest absolute Gasteiger partial charge is 0.497 e. The van der Waals surface area contributed by atoms with E-state index in [9.17, 15) is 10.0 Å². The topological polar surface area (TPSA) is 62.2 Å². The van der Waals surface area contributed by atoms with Crippen molar-refractivity contribution >= 4 is 12.6 Å². The molecule has 0 saturated carbocycles. The lowest BCUT2D eigenvalue weighted by Crippen LogP contribution is -2.39. The van der Waals surface area contributed by atoms with E-state index in [4.69, 9.17) is 9.47 Å². The molecule has 2 N–H and O–H groups in total. The molecule has 18 heavy (non-hydrogen) atoms. The Morgan fingerprint density at radius 2 is 2.06 bits per heavy atom. The predicted octanol–water partition coefficient (Wildman–Crippen LogP) is -0.793. The summed E-state index contributed by atoms with van der Waals surface area (Å²) in [7, 11) is 0.148. The molecule has 6 heteroatoms. The second-order valence-electron chi connectivity index (χ2n) is 4.33. The fourth-order valence-electron chi connectivity index (χ4n) is 2.10. The molecule has 0 aliphatic carbocycles. The van der Waals surface area contributed by atoms with Gasteiger partial charge in [-0.1, -0.05) is 6.07 Å². The highest BCUT2D eigenvalue weighted by molar-refractivity contribution is 6.59. The van der Waals surface area contributed by atoms with Gasteiger partial charge in [0.25, 0.3) is 0 Å². The van der Waals surface area contributed by atoms with Crippen LogP contribution in [-0.2, 0) is 11.3 Å². The molecule has 0 atom stereocenters. The Hall–Kier alpha value is -1.08. The van der Waals surface area contributed by atoms with E-state index in [0.717, 1.165) is 37.6 Å². The minimum atomic E-state index is -1.45. The number of nitrogens with zero attached hydrogens (tertiary/aromatic N) is 1. The third-order valence-electron chi connectivity index (χ3n) is 3.13. The van der Waals surface area contributed by atoms with Gasteiger partial charge in [0.1, 0.15) is 5.75 Å². The van der Waals surface area contributed by atoms with E-state index in [0.29, 0.717) is 12.0 Å². The van der Waals surface area contributed by atoms with Gasteiger partial charge in [0, 0.05) is 19.6 Å². The predicted molar refractivity (Wildman–Crippen MR) is 68.9 cm³/mol. The normalized spacial score (nSPS) is 16.6. The SMILES string of the molecule is COc1ccc(B(O)O)c(CN2CCOCC2)c1. The molecule has 1 aromatic rings. The molecule has 1 aromatic carbocycles. The second kappa shape index (κ2) is 6.20. The molecule has 5 nitrogen and oxygen atoms in total. The molecule has 0 bridgehead atoms. The Morgan fingerprint density at radius 3 is 2.67 bits per heavy atom. The van der Waals surface area contributed by atoms with Crippen LogP contribution in [0.1, 0.15) is 5.56 Å². The molecule has 1 aliphatic rings. The van der Waals surface area contributed by atoms with E-state index in [1.165, 1.54) is 0 Å². The van der Waals surface area contributed by atoms with E-state index in [-0.39, 0.29) is 0 Å². The van der Waals surface area contributed by atoms with Crippen LogP contribution in [0.2, 0.25) is 0 Å². The fraction of sp³-hybridized carbons (Fsp3) is 0.500. The van der Waals surface area contributed by atoms with Gasteiger partial charge >= 0.3 is 7.12 Å². The average Bonchev–Trinajstić information content (AvgIpc) is 2.39. The molecule has 1 aliphatic heterocycles. The molecule has 2 rings (SSSR count). The number of methoxy groups -OCH3 is 1. The first-order valence-corrected chi connectivity index (χ1v) is 6.04. The molecule has 98 valence electrons. The van der Waals surface area contributed by atoms with Gasteiger partial charge in [-0.15, -0.1) is 0 Å². The number of ether oxygens (including phenoxy) is 2. The number of morpholine rings is 1. The smallest absolute Gasteiger partial charge is 0.488 e. The van der Waals surface area contributed by atoms with Crippen molar-refractivity contribution in [2.75, 3.05) is 33.4 Å². The van der Waals surface area contributed by atoms with E-state index < -0.39 is 7.12 Å².